The van der Waals surface area contributed by atoms with E-state index < -0.39 is 22.9 Å². The van der Waals surface area contributed by atoms with Crippen molar-refractivity contribution in [2.24, 2.45) is 5.73 Å². The van der Waals surface area contributed by atoms with Crippen LogP contribution in [-0.2, 0) is 21.4 Å². The highest BCUT2D eigenvalue weighted by Crippen LogP contribution is 2.37. The Hall–Kier alpha value is -3.57. The second-order valence-corrected chi connectivity index (χ2v) is 8.23. The van der Waals surface area contributed by atoms with Crippen LogP contribution >= 0.6 is 0 Å². The number of aromatic carboxylic acids is 1. The van der Waals surface area contributed by atoms with Gasteiger partial charge in [-0.15, -0.1) is 0 Å². The van der Waals surface area contributed by atoms with Crippen molar-refractivity contribution in [2.75, 3.05) is 21.3 Å². The van der Waals surface area contributed by atoms with Gasteiger partial charge in [-0.3, -0.25) is 0 Å². The Kier molecular flexibility index (Phi) is 8.44. The first kappa shape index (κ1) is 25.7. The zero-order valence-corrected chi connectivity index (χ0v) is 19.4. The van der Waals surface area contributed by atoms with E-state index in [1.807, 2.05) is 6.92 Å². The second-order valence-electron chi connectivity index (χ2n) is 8.23. The number of rotatable bonds is 11. The molecule has 0 bridgehead atoms. The van der Waals surface area contributed by atoms with Gasteiger partial charge in [0.1, 0.15) is 0 Å². The van der Waals surface area contributed by atoms with Gasteiger partial charge in [0.05, 0.1) is 33.0 Å². The standard InChI is InChI=1S/C25H30N2O6/c1-24(27,15-17-8-5-6-9-19(17)22(28)29)12-7-13-25(16-26,23(30)33-4)18-10-11-20(31-2)21(14-18)32-3/h5-6,8-11,14H,7,12-13,15,27H2,1-4H3,(H,28,29). The molecule has 176 valence electrons. The van der Waals surface area contributed by atoms with Gasteiger partial charge in [0.15, 0.2) is 16.9 Å². The van der Waals surface area contributed by atoms with Crippen molar-refractivity contribution in [3.05, 3.63) is 59.2 Å². The molecule has 3 N–H and O–H groups in total. The van der Waals surface area contributed by atoms with Gasteiger partial charge >= 0.3 is 11.9 Å². The number of carbonyl (C=O) groups is 2. The van der Waals surface area contributed by atoms with Crippen molar-refractivity contribution in [3.63, 3.8) is 0 Å². The summed E-state index contributed by atoms with van der Waals surface area (Å²) in [5.74, 6) is -0.812. The van der Waals surface area contributed by atoms with Crippen molar-refractivity contribution in [1.82, 2.24) is 0 Å². The number of hydrogen-bond acceptors (Lipinski definition) is 7. The molecule has 0 saturated heterocycles. The third kappa shape index (κ3) is 5.82. The van der Waals surface area contributed by atoms with Crippen LogP contribution in [0.3, 0.4) is 0 Å². The van der Waals surface area contributed by atoms with E-state index in [1.54, 1.807) is 42.5 Å². The van der Waals surface area contributed by atoms with Gasteiger partial charge in [-0.2, -0.15) is 5.26 Å². The lowest BCUT2D eigenvalue weighted by Crippen LogP contribution is -2.40. The molecule has 0 spiro atoms. The average molecular weight is 455 g/mol. The van der Waals surface area contributed by atoms with Crippen molar-refractivity contribution in [1.29, 1.82) is 5.26 Å². The van der Waals surface area contributed by atoms with Gasteiger partial charge in [0.2, 0.25) is 0 Å². The van der Waals surface area contributed by atoms with Crippen LogP contribution in [0.1, 0.15) is 47.7 Å². The number of esters is 1. The number of hydrogen-bond donors (Lipinski definition) is 2. The topological polar surface area (TPSA) is 132 Å². The normalized spacial score (nSPS) is 14.3. The molecule has 0 aromatic heterocycles. The van der Waals surface area contributed by atoms with Crippen molar-refractivity contribution < 1.29 is 28.9 Å². The third-order valence-corrected chi connectivity index (χ3v) is 5.74. The number of carboxylic acid groups (broad SMARTS) is 1. The maximum atomic E-state index is 12.8. The van der Waals surface area contributed by atoms with Crippen LogP contribution in [0.2, 0.25) is 0 Å². The number of ether oxygens (including phenoxy) is 3. The molecule has 2 atom stereocenters. The highest BCUT2D eigenvalue weighted by atomic mass is 16.5. The Morgan fingerprint density at radius 3 is 2.30 bits per heavy atom. The first-order valence-corrected chi connectivity index (χ1v) is 10.5. The fraction of sp³-hybridized carbons (Fsp3) is 0.400. The van der Waals surface area contributed by atoms with Crippen LogP contribution in [0.15, 0.2) is 42.5 Å². The Balaban J connectivity index is 2.26. The number of nitrogens with two attached hydrogens (primary N) is 1. The van der Waals surface area contributed by atoms with E-state index in [0.29, 0.717) is 41.9 Å². The summed E-state index contributed by atoms with van der Waals surface area (Å²) in [4.78, 5) is 24.3. The maximum Gasteiger partial charge on any atom is 0.335 e. The number of carboxylic acids is 1. The summed E-state index contributed by atoms with van der Waals surface area (Å²) >= 11 is 0. The molecule has 0 heterocycles. The molecule has 0 aliphatic carbocycles. The number of carbonyl (C=O) groups excluding carboxylic acids is 1. The Morgan fingerprint density at radius 1 is 1.06 bits per heavy atom. The zero-order valence-electron chi connectivity index (χ0n) is 19.4. The fourth-order valence-electron chi connectivity index (χ4n) is 3.97. The van der Waals surface area contributed by atoms with Crippen LogP contribution in [0.5, 0.6) is 11.5 Å². The van der Waals surface area contributed by atoms with Crippen molar-refractivity contribution >= 4 is 11.9 Å². The van der Waals surface area contributed by atoms with Crippen molar-refractivity contribution in [2.45, 2.75) is 43.6 Å². The molecule has 8 nitrogen and oxygen atoms in total. The summed E-state index contributed by atoms with van der Waals surface area (Å²) in [5.41, 5.74) is 5.47. The minimum atomic E-state index is -1.55. The largest absolute Gasteiger partial charge is 0.493 e. The fourth-order valence-corrected chi connectivity index (χ4v) is 3.97. The lowest BCUT2D eigenvalue weighted by atomic mass is 9.75. The highest BCUT2D eigenvalue weighted by molar-refractivity contribution is 5.89. The Bertz CT molecular complexity index is 1040. The summed E-state index contributed by atoms with van der Waals surface area (Å²) in [7, 11) is 4.22. The minimum Gasteiger partial charge on any atom is -0.493 e. The molecule has 0 aliphatic rings. The summed E-state index contributed by atoms with van der Waals surface area (Å²) in [5, 5.41) is 19.5. The number of nitrogens with zero attached hydrogens (tertiary/aromatic N) is 1. The molecule has 2 aromatic carbocycles. The Labute approximate surface area is 193 Å². The molecule has 0 amide bonds. The monoisotopic (exact) mass is 454 g/mol. The molecule has 0 radical (unpaired) electrons. The van der Waals surface area contributed by atoms with Gasteiger partial charge in [0.25, 0.3) is 0 Å². The smallest absolute Gasteiger partial charge is 0.335 e. The SMILES string of the molecule is COC(=O)C(C#N)(CCCC(C)(N)Cc1ccccc1C(=O)O)c1ccc(OC)c(OC)c1. The van der Waals surface area contributed by atoms with E-state index in [9.17, 15) is 20.0 Å². The lowest BCUT2D eigenvalue weighted by molar-refractivity contribution is -0.145. The first-order chi connectivity index (χ1) is 15.6. The van der Waals surface area contributed by atoms with Gasteiger partial charge in [-0.25, -0.2) is 9.59 Å². The minimum absolute atomic E-state index is 0.166. The third-order valence-electron chi connectivity index (χ3n) is 5.74. The Morgan fingerprint density at radius 2 is 1.73 bits per heavy atom. The second kappa shape index (κ2) is 10.8. The summed E-state index contributed by atoms with van der Waals surface area (Å²) < 4.78 is 15.6. The van der Waals surface area contributed by atoms with Crippen LogP contribution in [0.4, 0.5) is 0 Å². The molecule has 0 saturated carbocycles. The predicted molar refractivity (Wildman–Crippen MR) is 122 cm³/mol. The van der Waals surface area contributed by atoms with Crippen molar-refractivity contribution in [3.8, 4) is 17.6 Å². The average Bonchev–Trinajstić information content (AvgIpc) is 2.80. The molecule has 2 rings (SSSR count). The van der Waals surface area contributed by atoms with E-state index in [4.69, 9.17) is 19.9 Å². The number of benzene rings is 2. The maximum absolute atomic E-state index is 12.8. The molecule has 2 aromatic rings. The molecule has 33 heavy (non-hydrogen) atoms. The van der Waals surface area contributed by atoms with E-state index in [-0.39, 0.29) is 12.0 Å². The molecule has 0 fully saturated rings. The lowest BCUT2D eigenvalue weighted by Gasteiger charge is -2.29. The van der Waals surface area contributed by atoms with Crippen LogP contribution in [-0.4, -0.2) is 43.9 Å². The van der Waals surface area contributed by atoms with E-state index in [0.717, 1.165) is 0 Å². The van der Waals surface area contributed by atoms with Gasteiger partial charge < -0.3 is 25.1 Å². The van der Waals surface area contributed by atoms with Gasteiger partial charge in [0, 0.05) is 5.54 Å². The molecular weight excluding hydrogens is 424 g/mol. The van der Waals surface area contributed by atoms with E-state index >= 15 is 0 Å². The quantitative estimate of drug-likeness (QED) is 0.493. The predicted octanol–water partition coefficient (Wildman–Crippen LogP) is 3.47. The van der Waals surface area contributed by atoms with Crippen LogP contribution < -0.4 is 15.2 Å². The number of methoxy groups -OCH3 is 3. The highest BCUT2D eigenvalue weighted by Gasteiger charge is 2.42. The molecular formula is C25H30N2O6. The van der Waals surface area contributed by atoms with Crippen LogP contribution in [0.25, 0.3) is 0 Å². The van der Waals surface area contributed by atoms with Crippen LogP contribution in [0, 0.1) is 11.3 Å². The van der Waals surface area contributed by atoms with Gasteiger partial charge in [-0.05, 0) is 61.9 Å². The summed E-state index contributed by atoms with van der Waals surface area (Å²) in [6, 6.07) is 13.8. The summed E-state index contributed by atoms with van der Waals surface area (Å²) in [6.45, 7) is 1.83. The summed E-state index contributed by atoms with van der Waals surface area (Å²) in [6.07, 6.45) is 1.39. The number of nitriles is 1. The van der Waals surface area contributed by atoms with E-state index in [2.05, 4.69) is 6.07 Å². The zero-order chi connectivity index (χ0) is 24.6. The molecule has 2 unspecified atom stereocenters. The van der Waals surface area contributed by atoms with E-state index in [1.165, 1.54) is 21.3 Å². The molecule has 8 heteroatoms. The first-order valence-electron chi connectivity index (χ1n) is 10.5. The molecule has 0 aliphatic heterocycles. The van der Waals surface area contributed by atoms with Gasteiger partial charge in [-0.1, -0.05) is 24.3 Å².